The molecule has 22 heavy (non-hydrogen) atoms. The highest BCUT2D eigenvalue weighted by Crippen LogP contribution is 2.21. The molecule has 0 saturated heterocycles. The number of hydrogen-bond acceptors (Lipinski definition) is 4. The molecule has 8 heteroatoms. The third-order valence-electron chi connectivity index (χ3n) is 2.62. The lowest BCUT2D eigenvalue weighted by molar-refractivity contribution is -0.186. The first-order valence-corrected chi connectivity index (χ1v) is 6.26. The van der Waals surface area contributed by atoms with Crippen LogP contribution >= 0.6 is 0 Å². The van der Waals surface area contributed by atoms with Crippen molar-refractivity contribution in [1.82, 2.24) is 4.98 Å². The van der Waals surface area contributed by atoms with Gasteiger partial charge in [0.15, 0.2) is 18.3 Å². The minimum Gasteiger partial charge on any atom is -0.456 e. The number of carbonyl (C=O) groups is 1. The van der Waals surface area contributed by atoms with Crippen LogP contribution in [0.25, 0.3) is 11.3 Å². The summed E-state index contributed by atoms with van der Waals surface area (Å²) >= 11 is 0. The molecule has 0 bridgehead atoms. The molecule has 2 rings (SSSR count). The first-order valence-electron chi connectivity index (χ1n) is 6.26. The van der Waals surface area contributed by atoms with Crippen molar-refractivity contribution in [2.24, 2.45) is 0 Å². The molecule has 1 heterocycles. The Bertz CT molecular complexity index is 634. The van der Waals surface area contributed by atoms with Gasteiger partial charge in [0.1, 0.15) is 5.82 Å². The van der Waals surface area contributed by atoms with E-state index in [4.69, 9.17) is 4.42 Å². The van der Waals surface area contributed by atoms with E-state index in [1.54, 1.807) is 0 Å². The van der Waals surface area contributed by atoms with Crippen LogP contribution in [-0.4, -0.2) is 23.7 Å². The van der Waals surface area contributed by atoms with Crippen molar-refractivity contribution in [3.63, 3.8) is 0 Å². The zero-order valence-corrected chi connectivity index (χ0v) is 11.2. The van der Waals surface area contributed by atoms with Gasteiger partial charge < -0.3 is 9.15 Å². The molecule has 1 aromatic heterocycles. The lowest BCUT2D eigenvalue weighted by atomic mass is 10.2. The smallest absolute Gasteiger partial charge is 0.422 e. The van der Waals surface area contributed by atoms with E-state index >= 15 is 0 Å². The van der Waals surface area contributed by atoms with Gasteiger partial charge in [0, 0.05) is 12.0 Å². The van der Waals surface area contributed by atoms with Crippen molar-refractivity contribution in [1.29, 1.82) is 0 Å². The number of aryl methyl sites for hydroxylation is 1. The number of rotatable bonds is 5. The summed E-state index contributed by atoms with van der Waals surface area (Å²) in [5.74, 6) is -0.823. The number of oxazole rings is 1. The Kier molecular flexibility index (Phi) is 4.79. The maximum absolute atomic E-state index is 12.8. The van der Waals surface area contributed by atoms with Crippen LogP contribution in [0.5, 0.6) is 0 Å². The molecule has 118 valence electrons. The highest BCUT2D eigenvalue weighted by atomic mass is 19.4. The standard InChI is InChI=1S/C14H11F4NO3/c15-10-3-1-9(2-4-10)11-7-19-12(22-11)5-6-13(20)21-8-14(16,17)18/h1-4,7H,5-6,8H2. The highest BCUT2D eigenvalue weighted by Gasteiger charge is 2.29. The second kappa shape index (κ2) is 6.59. The zero-order valence-electron chi connectivity index (χ0n) is 11.2. The number of ether oxygens (including phenoxy) is 1. The van der Waals surface area contributed by atoms with Crippen LogP contribution in [-0.2, 0) is 16.0 Å². The number of halogens is 4. The van der Waals surface area contributed by atoms with Gasteiger partial charge in [-0.15, -0.1) is 0 Å². The van der Waals surface area contributed by atoms with E-state index in [0.29, 0.717) is 11.3 Å². The maximum atomic E-state index is 12.8. The van der Waals surface area contributed by atoms with E-state index in [1.807, 2.05) is 0 Å². The van der Waals surface area contributed by atoms with Crippen LogP contribution in [0.2, 0.25) is 0 Å². The van der Waals surface area contributed by atoms with Crippen LogP contribution in [0.1, 0.15) is 12.3 Å². The number of carbonyl (C=O) groups excluding carboxylic acids is 1. The Labute approximate surface area is 122 Å². The summed E-state index contributed by atoms with van der Waals surface area (Å²) in [6.07, 6.45) is -3.42. The molecule has 4 nitrogen and oxygen atoms in total. The summed E-state index contributed by atoms with van der Waals surface area (Å²) in [6, 6.07) is 5.51. The molecule has 2 aromatic rings. The van der Waals surface area contributed by atoms with E-state index in [2.05, 4.69) is 9.72 Å². The van der Waals surface area contributed by atoms with Crippen LogP contribution in [0, 0.1) is 5.82 Å². The van der Waals surface area contributed by atoms with Gasteiger partial charge in [0.2, 0.25) is 0 Å². The van der Waals surface area contributed by atoms with Crippen molar-refractivity contribution in [3.8, 4) is 11.3 Å². The van der Waals surface area contributed by atoms with Crippen LogP contribution in [0.4, 0.5) is 17.6 Å². The lowest BCUT2D eigenvalue weighted by Crippen LogP contribution is -2.20. The van der Waals surface area contributed by atoms with Crippen LogP contribution < -0.4 is 0 Å². The SMILES string of the molecule is O=C(CCc1ncc(-c2ccc(F)cc2)o1)OCC(F)(F)F. The fraction of sp³-hybridized carbons (Fsp3) is 0.286. The van der Waals surface area contributed by atoms with Gasteiger partial charge in [-0.2, -0.15) is 13.2 Å². The number of aromatic nitrogens is 1. The predicted octanol–water partition coefficient (Wildman–Crippen LogP) is 3.52. The Hall–Kier alpha value is -2.38. The zero-order chi connectivity index (χ0) is 16.2. The Morgan fingerprint density at radius 1 is 1.23 bits per heavy atom. The number of esters is 1. The second-order valence-corrected chi connectivity index (χ2v) is 4.40. The van der Waals surface area contributed by atoms with Gasteiger partial charge in [-0.25, -0.2) is 9.37 Å². The van der Waals surface area contributed by atoms with Gasteiger partial charge in [0.25, 0.3) is 0 Å². The van der Waals surface area contributed by atoms with E-state index in [1.165, 1.54) is 30.5 Å². The molecule has 0 aliphatic heterocycles. The molecule has 1 aromatic carbocycles. The second-order valence-electron chi connectivity index (χ2n) is 4.40. The molecule has 0 radical (unpaired) electrons. The molecule has 0 aliphatic rings. The van der Waals surface area contributed by atoms with E-state index < -0.39 is 24.6 Å². The molecular weight excluding hydrogens is 306 g/mol. The molecule has 0 amide bonds. The molecule has 0 atom stereocenters. The Balaban J connectivity index is 1.87. The van der Waals surface area contributed by atoms with Crippen molar-refractivity contribution in [2.45, 2.75) is 19.0 Å². The monoisotopic (exact) mass is 317 g/mol. The van der Waals surface area contributed by atoms with E-state index in [-0.39, 0.29) is 18.7 Å². The molecular formula is C14H11F4NO3. The average Bonchev–Trinajstić information content (AvgIpc) is 2.92. The Morgan fingerprint density at radius 2 is 1.91 bits per heavy atom. The summed E-state index contributed by atoms with van der Waals surface area (Å²) in [7, 11) is 0. The fourth-order valence-electron chi connectivity index (χ4n) is 1.62. The third-order valence-corrected chi connectivity index (χ3v) is 2.62. The Morgan fingerprint density at radius 3 is 2.55 bits per heavy atom. The van der Waals surface area contributed by atoms with Crippen LogP contribution in [0.15, 0.2) is 34.9 Å². The van der Waals surface area contributed by atoms with Crippen molar-refractivity contribution >= 4 is 5.97 Å². The predicted molar refractivity (Wildman–Crippen MR) is 67.2 cm³/mol. The van der Waals surface area contributed by atoms with Gasteiger partial charge in [-0.1, -0.05) is 0 Å². The number of nitrogens with zero attached hydrogens (tertiary/aromatic N) is 1. The summed E-state index contributed by atoms with van der Waals surface area (Å²) in [6.45, 7) is -1.61. The van der Waals surface area contributed by atoms with Gasteiger partial charge in [-0.05, 0) is 24.3 Å². The summed E-state index contributed by atoms with van der Waals surface area (Å²) < 4.78 is 57.8. The maximum Gasteiger partial charge on any atom is 0.422 e. The highest BCUT2D eigenvalue weighted by molar-refractivity contribution is 5.69. The van der Waals surface area contributed by atoms with Crippen molar-refractivity contribution in [3.05, 3.63) is 42.2 Å². The van der Waals surface area contributed by atoms with E-state index in [0.717, 1.165) is 0 Å². The summed E-state index contributed by atoms with van der Waals surface area (Å²) in [4.78, 5) is 15.0. The summed E-state index contributed by atoms with van der Waals surface area (Å²) in [5.41, 5.74) is 0.597. The third kappa shape index (κ3) is 4.87. The number of benzene rings is 1. The van der Waals surface area contributed by atoms with Gasteiger partial charge in [0.05, 0.1) is 12.6 Å². The molecule has 0 saturated carbocycles. The minimum absolute atomic E-state index is 0.0118. The van der Waals surface area contributed by atoms with E-state index in [9.17, 15) is 22.4 Å². The first kappa shape index (κ1) is 16.0. The molecule has 0 unspecified atom stereocenters. The average molecular weight is 317 g/mol. The minimum atomic E-state index is -4.55. The largest absolute Gasteiger partial charge is 0.456 e. The molecule has 0 spiro atoms. The molecule has 0 aliphatic carbocycles. The number of alkyl halides is 3. The topological polar surface area (TPSA) is 52.3 Å². The first-order chi connectivity index (χ1) is 10.3. The lowest BCUT2D eigenvalue weighted by Gasteiger charge is -2.06. The van der Waals surface area contributed by atoms with Crippen molar-refractivity contribution < 1.29 is 31.5 Å². The fourth-order valence-corrected chi connectivity index (χ4v) is 1.62. The molecule has 0 fully saturated rings. The van der Waals surface area contributed by atoms with Gasteiger partial charge in [-0.3, -0.25) is 4.79 Å². The number of hydrogen-bond donors (Lipinski definition) is 0. The normalized spacial score (nSPS) is 11.5. The van der Waals surface area contributed by atoms with Crippen molar-refractivity contribution in [2.75, 3.05) is 6.61 Å². The van der Waals surface area contributed by atoms with Gasteiger partial charge >= 0.3 is 12.1 Å². The molecule has 0 N–H and O–H groups in total. The summed E-state index contributed by atoms with van der Waals surface area (Å²) in [5, 5.41) is 0. The quantitative estimate of drug-likeness (QED) is 0.625. The van der Waals surface area contributed by atoms with Crippen LogP contribution in [0.3, 0.4) is 0 Å².